The van der Waals surface area contributed by atoms with E-state index in [1.54, 1.807) is 0 Å². The first-order valence-electron chi connectivity index (χ1n) is 9.91. The second-order valence-electron chi connectivity index (χ2n) is 7.81. The molecule has 2 aromatic rings. The van der Waals surface area contributed by atoms with Gasteiger partial charge in [0, 0.05) is 32.4 Å². The van der Waals surface area contributed by atoms with Crippen molar-refractivity contribution in [3.8, 4) is 0 Å². The number of H-pyrrole nitrogens is 1. The van der Waals surface area contributed by atoms with E-state index in [0.717, 1.165) is 75.8 Å². The highest BCUT2D eigenvalue weighted by molar-refractivity contribution is 5.45. The van der Waals surface area contributed by atoms with Crippen molar-refractivity contribution in [3.05, 3.63) is 29.7 Å². The molecule has 0 aliphatic carbocycles. The topological polar surface area (TPSA) is 90.4 Å². The van der Waals surface area contributed by atoms with Gasteiger partial charge in [-0.3, -0.25) is 5.10 Å². The first kappa shape index (κ1) is 16.9. The molecule has 2 fully saturated rings. The first-order chi connectivity index (χ1) is 13.2. The molecule has 0 saturated carbocycles. The maximum absolute atomic E-state index is 9.94. The van der Waals surface area contributed by atoms with Gasteiger partial charge in [0.1, 0.15) is 11.4 Å². The third-order valence-corrected chi connectivity index (χ3v) is 6.13. The number of aromatic amines is 1. The van der Waals surface area contributed by atoms with Crippen LogP contribution in [-0.4, -0.2) is 64.2 Å². The van der Waals surface area contributed by atoms with E-state index in [-0.39, 0.29) is 11.7 Å². The van der Waals surface area contributed by atoms with Crippen LogP contribution < -0.4 is 9.80 Å². The van der Waals surface area contributed by atoms with Crippen molar-refractivity contribution in [2.24, 2.45) is 0 Å². The lowest BCUT2D eigenvalue weighted by Crippen LogP contribution is -2.47. The molecule has 0 aromatic carbocycles. The third kappa shape index (κ3) is 3.06. The molecule has 0 radical (unpaired) electrons. The highest BCUT2D eigenvalue weighted by Gasteiger charge is 2.42. The molecule has 2 N–H and O–H groups in total. The van der Waals surface area contributed by atoms with Crippen LogP contribution in [0.25, 0.3) is 0 Å². The van der Waals surface area contributed by atoms with E-state index in [1.165, 1.54) is 5.56 Å². The first-order valence-corrected chi connectivity index (χ1v) is 9.91. The number of rotatable bonds is 2. The number of fused-ring (bicyclic) bond motifs is 2. The quantitative estimate of drug-likeness (QED) is 0.822. The molecule has 0 bridgehead atoms. The van der Waals surface area contributed by atoms with Gasteiger partial charge in [-0.05, 0) is 43.7 Å². The van der Waals surface area contributed by atoms with Gasteiger partial charge in [-0.15, -0.1) is 0 Å². The van der Waals surface area contributed by atoms with E-state index >= 15 is 0 Å². The van der Waals surface area contributed by atoms with E-state index in [9.17, 15) is 5.11 Å². The van der Waals surface area contributed by atoms with Crippen molar-refractivity contribution in [2.75, 3.05) is 42.6 Å². The number of β-amino-alcohol motifs (C(OH)–C–C–N with tert-alkyl or cyclic N) is 1. The van der Waals surface area contributed by atoms with Gasteiger partial charge in [-0.2, -0.15) is 10.1 Å². The number of nitrogens with one attached hydrogen (secondary N) is 1. The van der Waals surface area contributed by atoms with Gasteiger partial charge >= 0.3 is 0 Å². The number of hydrogen-bond acceptors (Lipinski definition) is 7. The predicted molar refractivity (Wildman–Crippen MR) is 101 cm³/mol. The van der Waals surface area contributed by atoms with E-state index in [1.807, 2.05) is 18.5 Å². The van der Waals surface area contributed by atoms with Crippen molar-refractivity contribution in [1.82, 2.24) is 20.2 Å². The normalized spacial score (nSPS) is 24.9. The smallest absolute Gasteiger partial charge is 0.227 e. The van der Waals surface area contributed by atoms with Crippen LogP contribution >= 0.6 is 0 Å². The second kappa shape index (κ2) is 6.76. The Balaban J connectivity index is 1.31. The average Bonchev–Trinajstić information content (AvgIpc) is 3.19. The number of nitrogens with zero attached hydrogens (tertiary/aromatic N) is 5. The number of aliphatic hydroxyl groups excluding tert-OH is 1. The maximum Gasteiger partial charge on any atom is 0.227 e. The Hall–Kier alpha value is -2.19. The summed E-state index contributed by atoms with van der Waals surface area (Å²) in [4.78, 5) is 13.7. The molecular formula is C19H26N6O2. The zero-order chi connectivity index (χ0) is 18.3. The summed E-state index contributed by atoms with van der Waals surface area (Å²) in [7, 11) is 0. The summed E-state index contributed by atoms with van der Waals surface area (Å²) in [6, 6.07) is 1.94. The predicted octanol–water partition coefficient (Wildman–Crippen LogP) is 1.23. The van der Waals surface area contributed by atoms with E-state index in [4.69, 9.17) is 9.72 Å². The Morgan fingerprint density at radius 2 is 2.11 bits per heavy atom. The molecule has 5 heterocycles. The molecule has 5 rings (SSSR count). The average molecular weight is 370 g/mol. The molecule has 144 valence electrons. The molecule has 8 heteroatoms. The standard InChI is InChI=1S/C19H26N6O2/c26-15-2-1-8-25(13-15)16-3-7-20-18(22-16)24-9-5-19(6-10-24)17-14(4-11-27-19)12-21-23-17/h3,7,12,15,26H,1-2,4-6,8-11,13H2,(H,21,23). The lowest BCUT2D eigenvalue weighted by molar-refractivity contribution is -0.0796. The molecule has 1 atom stereocenters. The molecular weight excluding hydrogens is 344 g/mol. The minimum Gasteiger partial charge on any atom is -0.391 e. The summed E-state index contributed by atoms with van der Waals surface area (Å²) < 4.78 is 6.23. The zero-order valence-corrected chi connectivity index (χ0v) is 15.5. The number of aliphatic hydroxyl groups is 1. The van der Waals surface area contributed by atoms with Crippen molar-refractivity contribution in [1.29, 1.82) is 0 Å². The number of piperidine rings is 2. The lowest BCUT2D eigenvalue weighted by atomic mass is 9.84. The molecule has 27 heavy (non-hydrogen) atoms. The monoisotopic (exact) mass is 370 g/mol. The van der Waals surface area contributed by atoms with E-state index in [2.05, 4.69) is 25.0 Å². The summed E-state index contributed by atoms with van der Waals surface area (Å²) in [5.41, 5.74) is 2.21. The Bertz CT molecular complexity index is 801. The highest BCUT2D eigenvalue weighted by atomic mass is 16.5. The van der Waals surface area contributed by atoms with Crippen LogP contribution in [0, 0.1) is 0 Å². The van der Waals surface area contributed by atoms with Crippen LogP contribution in [0.4, 0.5) is 11.8 Å². The van der Waals surface area contributed by atoms with Crippen LogP contribution in [0.2, 0.25) is 0 Å². The Kier molecular flexibility index (Phi) is 4.24. The highest BCUT2D eigenvalue weighted by Crippen LogP contribution is 2.40. The molecule has 2 aromatic heterocycles. The summed E-state index contributed by atoms with van der Waals surface area (Å²) >= 11 is 0. The SMILES string of the molecule is OC1CCCN(c2ccnc(N3CCC4(CC3)OCCc3cn[nH]c34)n2)C1. The Morgan fingerprint density at radius 1 is 1.22 bits per heavy atom. The molecule has 0 amide bonds. The van der Waals surface area contributed by atoms with Crippen LogP contribution in [-0.2, 0) is 16.8 Å². The van der Waals surface area contributed by atoms with Crippen molar-refractivity contribution < 1.29 is 9.84 Å². The minimum atomic E-state index is -0.265. The fraction of sp³-hybridized carbons (Fsp3) is 0.632. The zero-order valence-electron chi connectivity index (χ0n) is 15.5. The summed E-state index contributed by atoms with van der Waals surface area (Å²) in [6.07, 6.45) is 8.10. The number of ether oxygens (including phenoxy) is 1. The van der Waals surface area contributed by atoms with Crippen molar-refractivity contribution >= 4 is 11.8 Å². The molecule has 8 nitrogen and oxygen atoms in total. The molecule has 2 saturated heterocycles. The van der Waals surface area contributed by atoms with E-state index in [0.29, 0.717) is 6.54 Å². The summed E-state index contributed by atoms with van der Waals surface area (Å²) in [6.45, 7) is 4.05. The van der Waals surface area contributed by atoms with Gasteiger partial charge in [0.2, 0.25) is 5.95 Å². The molecule has 3 aliphatic rings. The lowest BCUT2D eigenvalue weighted by Gasteiger charge is -2.43. The largest absolute Gasteiger partial charge is 0.391 e. The van der Waals surface area contributed by atoms with Crippen LogP contribution in [0.5, 0.6) is 0 Å². The number of aromatic nitrogens is 4. The fourth-order valence-electron chi connectivity index (χ4n) is 4.62. The molecule has 1 unspecified atom stereocenters. The van der Waals surface area contributed by atoms with Gasteiger partial charge in [0.05, 0.1) is 24.6 Å². The van der Waals surface area contributed by atoms with Gasteiger partial charge < -0.3 is 19.6 Å². The van der Waals surface area contributed by atoms with Crippen LogP contribution in [0.1, 0.15) is 36.9 Å². The van der Waals surface area contributed by atoms with Gasteiger partial charge in [-0.1, -0.05) is 0 Å². The fourth-order valence-corrected chi connectivity index (χ4v) is 4.62. The summed E-state index contributed by atoms with van der Waals surface area (Å²) in [5, 5.41) is 17.3. The number of anilines is 2. The molecule has 1 spiro atoms. The maximum atomic E-state index is 9.94. The minimum absolute atomic E-state index is 0.241. The van der Waals surface area contributed by atoms with Crippen molar-refractivity contribution in [3.63, 3.8) is 0 Å². The van der Waals surface area contributed by atoms with E-state index < -0.39 is 0 Å². The van der Waals surface area contributed by atoms with Gasteiger partial charge in [-0.25, -0.2) is 4.98 Å². The Labute approximate surface area is 158 Å². The third-order valence-electron chi connectivity index (χ3n) is 6.13. The van der Waals surface area contributed by atoms with Crippen LogP contribution in [0.3, 0.4) is 0 Å². The second-order valence-corrected chi connectivity index (χ2v) is 7.81. The van der Waals surface area contributed by atoms with Crippen LogP contribution in [0.15, 0.2) is 18.5 Å². The Morgan fingerprint density at radius 3 is 2.96 bits per heavy atom. The number of hydrogen-bond donors (Lipinski definition) is 2. The molecule has 3 aliphatic heterocycles. The van der Waals surface area contributed by atoms with Gasteiger partial charge in [0.25, 0.3) is 0 Å². The van der Waals surface area contributed by atoms with Gasteiger partial charge in [0.15, 0.2) is 0 Å². The summed E-state index contributed by atoms with van der Waals surface area (Å²) in [5.74, 6) is 1.67. The van der Waals surface area contributed by atoms with Crippen molar-refractivity contribution in [2.45, 2.75) is 43.8 Å².